The van der Waals surface area contributed by atoms with Gasteiger partial charge in [-0.2, -0.15) is 0 Å². The van der Waals surface area contributed by atoms with Crippen molar-refractivity contribution in [2.45, 2.75) is 84.6 Å². The first-order chi connectivity index (χ1) is 22.5. The normalized spacial score (nSPS) is 11.3. The van der Waals surface area contributed by atoms with Crippen LogP contribution in [0.2, 0.25) is 0 Å². The van der Waals surface area contributed by atoms with Gasteiger partial charge in [-0.15, -0.1) is 0 Å². The third-order valence-electron chi connectivity index (χ3n) is 8.41. The molecule has 1 heterocycles. The Morgan fingerprint density at radius 2 is 1.26 bits per heavy atom. The first-order valence-electron chi connectivity index (χ1n) is 16.8. The minimum atomic E-state index is 0.627. The Balaban J connectivity index is 1.34. The molecule has 0 radical (unpaired) electrons. The van der Waals surface area contributed by atoms with Crippen LogP contribution in [-0.4, -0.2) is 58.5 Å². The molecule has 0 N–H and O–H groups in total. The Labute approximate surface area is 277 Å². The number of benzene rings is 2. The molecule has 1 aromatic heterocycles. The Morgan fingerprint density at radius 1 is 0.674 bits per heavy atom. The van der Waals surface area contributed by atoms with Crippen molar-refractivity contribution in [3.63, 3.8) is 0 Å². The highest BCUT2D eigenvalue weighted by Crippen LogP contribution is 2.38. The summed E-state index contributed by atoms with van der Waals surface area (Å²) in [6.07, 6.45) is 18.8. The molecular formula is C39H56N2O5. The molecule has 7 heteroatoms. The van der Waals surface area contributed by atoms with E-state index >= 15 is 0 Å². The number of hydrogen-bond donors (Lipinski definition) is 0. The van der Waals surface area contributed by atoms with E-state index < -0.39 is 0 Å². The Morgan fingerprint density at radius 3 is 1.83 bits per heavy atom. The van der Waals surface area contributed by atoms with Gasteiger partial charge in [0.05, 0.1) is 41.2 Å². The van der Waals surface area contributed by atoms with Crippen LogP contribution >= 0.6 is 0 Å². The number of nitrogens with zero attached hydrogens (tertiary/aromatic N) is 2. The molecule has 0 saturated carbocycles. The fraction of sp³-hybridized carbons (Fsp3) is 0.513. The largest absolute Gasteiger partial charge is 0.496 e. The maximum atomic E-state index is 5.59. The lowest BCUT2D eigenvalue weighted by Gasteiger charge is -2.22. The maximum Gasteiger partial charge on any atom is 0.203 e. The van der Waals surface area contributed by atoms with Crippen molar-refractivity contribution in [1.82, 2.24) is 9.88 Å². The van der Waals surface area contributed by atoms with Crippen LogP contribution in [0, 0.1) is 6.92 Å². The lowest BCUT2D eigenvalue weighted by Crippen LogP contribution is -2.25. The summed E-state index contributed by atoms with van der Waals surface area (Å²) < 4.78 is 27.5. The summed E-state index contributed by atoms with van der Waals surface area (Å²) in [6.45, 7) is 7.46. The molecule has 0 aliphatic carbocycles. The highest BCUT2D eigenvalue weighted by Gasteiger charge is 2.13. The van der Waals surface area contributed by atoms with Crippen molar-refractivity contribution >= 4 is 6.08 Å². The number of methoxy groups -OCH3 is 5. The molecule has 46 heavy (non-hydrogen) atoms. The predicted molar refractivity (Wildman–Crippen MR) is 190 cm³/mol. The van der Waals surface area contributed by atoms with Gasteiger partial charge in [0.15, 0.2) is 11.5 Å². The summed E-state index contributed by atoms with van der Waals surface area (Å²) in [5.41, 5.74) is 5.30. The van der Waals surface area contributed by atoms with E-state index in [1.807, 2.05) is 37.4 Å². The zero-order valence-electron chi connectivity index (χ0n) is 29.3. The molecule has 3 rings (SSSR count). The fourth-order valence-electron chi connectivity index (χ4n) is 5.88. The summed E-state index contributed by atoms with van der Waals surface area (Å²) in [4.78, 5) is 7.24. The molecule has 0 amide bonds. The van der Waals surface area contributed by atoms with Gasteiger partial charge < -0.3 is 23.7 Å². The summed E-state index contributed by atoms with van der Waals surface area (Å²) in [6, 6.07) is 12.4. The topological polar surface area (TPSA) is 62.3 Å². The number of pyridine rings is 1. The summed E-state index contributed by atoms with van der Waals surface area (Å²) >= 11 is 0. The smallest absolute Gasteiger partial charge is 0.203 e. The van der Waals surface area contributed by atoms with E-state index in [9.17, 15) is 0 Å². The second-order valence-electron chi connectivity index (χ2n) is 11.8. The second-order valence-corrected chi connectivity index (χ2v) is 11.8. The molecule has 252 valence electrons. The molecule has 7 nitrogen and oxygen atoms in total. The summed E-state index contributed by atoms with van der Waals surface area (Å²) in [7, 11) is 8.31. The van der Waals surface area contributed by atoms with E-state index in [4.69, 9.17) is 23.7 Å². The fourth-order valence-corrected chi connectivity index (χ4v) is 5.88. The van der Waals surface area contributed by atoms with E-state index in [0.29, 0.717) is 17.2 Å². The van der Waals surface area contributed by atoms with Gasteiger partial charge in [0.1, 0.15) is 11.5 Å². The number of aromatic nitrogens is 1. The first kappa shape index (κ1) is 36.8. The number of allylic oxidation sites excluding steroid dienone is 1. The van der Waals surface area contributed by atoms with Crippen LogP contribution in [0.1, 0.15) is 87.8 Å². The van der Waals surface area contributed by atoms with Gasteiger partial charge in [0, 0.05) is 23.9 Å². The van der Waals surface area contributed by atoms with Crippen molar-refractivity contribution in [2.24, 2.45) is 0 Å². The third-order valence-corrected chi connectivity index (χ3v) is 8.41. The zero-order valence-corrected chi connectivity index (χ0v) is 29.3. The van der Waals surface area contributed by atoms with E-state index in [1.54, 1.807) is 35.5 Å². The molecule has 0 bridgehead atoms. The molecule has 0 unspecified atom stereocenters. The Hall–Kier alpha value is -3.71. The molecular weight excluding hydrogens is 576 g/mol. The van der Waals surface area contributed by atoms with Gasteiger partial charge in [-0.25, -0.2) is 0 Å². The van der Waals surface area contributed by atoms with Crippen LogP contribution in [0.4, 0.5) is 0 Å². The van der Waals surface area contributed by atoms with Crippen molar-refractivity contribution in [2.75, 3.05) is 48.6 Å². The summed E-state index contributed by atoms with van der Waals surface area (Å²) in [5, 5.41) is 0. The molecule has 0 spiro atoms. The van der Waals surface area contributed by atoms with E-state index in [2.05, 4.69) is 41.1 Å². The van der Waals surface area contributed by atoms with Crippen molar-refractivity contribution < 1.29 is 23.7 Å². The number of rotatable bonds is 22. The third kappa shape index (κ3) is 11.3. The highest BCUT2D eigenvalue weighted by atomic mass is 16.5. The van der Waals surface area contributed by atoms with E-state index in [1.165, 1.54) is 56.9 Å². The number of unbranched alkanes of at least 4 members (excludes halogenated alkanes) is 8. The lowest BCUT2D eigenvalue weighted by molar-refractivity contribution is 0.259. The van der Waals surface area contributed by atoms with Gasteiger partial charge >= 0.3 is 0 Å². The quantitative estimate of drug-likeness (QED) is 0.102. The van der Waals surface area contributed by atoms with E-state index in [-0.39, 0.29) is 0 Å². The van der Waals surface area contributed by atoms with Crippen LogP contribution < -0.4 is 23.7 Å². The maximum absolute atomic E-state index is 5.59. The van der Waals surface area contributed by atoms with Crippen molar-refractivity contribution in [3.8, 4) is 40.0 Å². The molecule has 0 fully saturated rings. The number of ether oxygens (including phenoxy) is 5. The SMILES string of the molecule is CCCN(CCCCCCCCCC/C=C/c1cc(OC)c(OC)c(OC)c1)Cc1ccnc(-c2cc(OC)c(C)c(OC)c2)c1. The average molecular weight is 633 g/mol. The van der Waals surface area contributed by atoms with Gasteiger partial charge in [-0.05, 0) is 93.2 Å². The van der Waals surface area contributed by atoms with Gasteiger partial charge in [0.2, 0.25) is 5.75 Å². The molecule has 3 aromatic rings. The minimum Gasteiger partial charge on any atom is -0.496 e. The first-order valence-corrected chi connectivity index (χ1v) is 16.8. The molecule has 0 aliphatic heterocycles. The van der Waals surface area contributed by atoms with Crippen LogP contribution in [0.3, 0.4) is 0 Å². The van der Waals surface area contributed by atoms with Gasteiger partial charge in [-0.1, -0.05) is 57.6 Å². The zero-order chi connectivity index (χ0) is 33.1. The standard InChI is InChI=1S/C39H56N2O5/c1-8-22-41(29-32-20-21-40-34(24-32)33-27-35(42-3)30(2)36(28-33)43-4)23-18-16-14-12-10-9-11-13-15-17-19-31-25-37(44-5)39(46-7)38(26-31)45-6/h17,19-21,24-28H,8-16,18,22-23,29H2,1-7H3/b19-17+. The second kappa shape index (κ2) is 20.4. The Bertz CT molecular complexity index is 1310. The predicted octanol–water partition coefficient (Wildman–Crippen LogP) is 9.54. The molecule has 0 saturated heterocycles. The van der Waals surface area contributed by atoms with Gasteiger partial charge in [-0.3, -0.25) is 9.88 Å². The lowest BCUT2D eigenvalue weighted by atomic mass is 10.0. The van der Waals surface area contributed by atoms with Crippen LogP contribution in [0.5, 0.6) is 28.7 Å². The molecule has 0 atom stereocenters. The van der Waals surface area contributed by atoms with Crippen molar-refractivity contribution in [1.29, 1.82) is 0 Å². The summed E-state index contributed by atoms with van der Waals surface area (Å²) in [5.74, 6) is 3.63. The van der Waals surface area contributed by atoms with E-state index in [0.717, 1.165) is 66.4 Å². The van der Waals surface area contributed by atoms with Crippen LogP contribution in [-0.2, 0) is 6.54 Å². The minimum absolute atomic E-state index is 0.627. The molecule has 2 aromatic carbocycles. The highest BCUT2D eigenvalue weighted by molar-refractivity contribution is 5.66. The van der Waals surface area contributed by atoms with Crippen LogP contribution in [0.15, 0.2) is 48.7 Å². The molecule has 0 aliphatic rings. The van der Waals surface area contributed by atoms with Crippen molar-refractivity contribution in [3.05, 3.63) is 65.4 Å². The number of hydrogen-bond acceptors (Lipinski definition) is 7. The van der Waals surface area contributed by atoms with Gasteiger partial charge in [0.25, 0.3) is 0 Å². The monoisotopic (exact) mass is 632 g/mol. The Kier molecular flexibility index (Phi) is 16.3. The average Bonchev–Trinajstić information content (AvgIpc) is 3.08. The van der Waals surface area contributed by atoms with Crippen LogP contribution in [0.25, 0.3) is 17.3 Å².